The molecule has 162 valence electrons. The third-order valence-electron chi connectivity index (χ3n) is 4.72. The Bertz CT molecular complexity index is 1020. The van der Waals surface area contributed by atoms with Crippen molar-refractivity contribution in [2.75, 3.05) is 17.7 Å². The third-order valence-corrected chi connectivity index (χ3v) is 5.44. The smallest absolute Gasteiger partial charge is 0.392 e. The van der Waals surface area contributed by atoms with Crippen LogP contribution in [0.25, 0.3) is 10.9 Å². The van der Waals surface area contributed by atoms with Crippen LogP contribution in [0.2, 0.25) is 0 Å². The number of thioether (sulfide) groups is 1. The topological polar surface area (TPSA) is 54.2 Å². The number of nitrogens with zero attached hydrogens (tertiary/aromatic N) is 4. The van der Waals surface area contributed by atoms with Gasteiger partial charge in [-0.2, -0.15) is 13.2 Å². The molecular weight excluding hydrogens is 413 g/mol. The van der Waals surface area contributed by atoms with E-state index in [1.807, 2.05) is 6.26 Å². The highest BCUT2D eigenvalue weighted by Crippen LogP contribution is 2.33. The third kappa shape index (κ3) is 4.57. The van der Waals surface area contributed by atoms with E-state index >= 15 is 0 Å². The molecule has 5 nitrogen and oxygen atoms in total. The van der Waals surface area contributed by atoms with Crippen molar-refractivity contribution in [1.82, 2.24) is 14.5 Å². The fraction of sp³-hybridized carbons (Fsp3) is 0.429. The first-order valence-corrected chi connectivity index (χ1v) is 11.0. The van der Waals surface area contributed by atoms with Gasteiger partial charge in [0.2, 0.25) is 5.95 Å². The molecule has 1 aromatic carbocycles. The van der Waals surface area contributed by atoms with E-state index in [9.17, 15) is 13.2 Å². The van der Waals surface area contributed by atoms with Crippen molar-refractivity contribution in [2.24, 2.45) is 0 Å². The molecule has 3 aromatic rings. The molecule has 0 saturated heterocycles. The second kappa shape index (κ2) is 9.26. The molecule has 0 radical (unpaired) electrons. The van der Waals surface area contributed by atoms with Gasteiger partial charge in [0.15, 0.2) is 5.69 Å². The summed E-state index contributed by atoms with van der Waals surface area (Å²) >= 11 is 1.67. The monoisotopic (exact) mass is 438 g/mol. The van der Waals surface area contributed by atoms with Gasteiger partial charge in [-0.15, -0.1) is 11.8 Å². The Balaban J connectivity index is 0.000000806. The highest BCUT2D eigenvalue weighted by Gasteiger charge is 2.36. The van der Waals surface area contributed by atoms with Crippen molar-refractivity contribution in [3.63, 3.8) is 0 Å². The summed E-state index contributed by atoms with van der Waals surface area (Å²) in [6, 6.07) is 8.31. The lowest BCUT2D eigenvalue weighted by atomic mass is 10.2. The van der Waals surface area contributed by atoms with Gasteiger partial charge in [0.25, 0.3) is 0 Å². The van der Waals surface area contributed by atoms with E-state index in [1.165, 1.54) is 11.3 Å². The molecule has 30 heavy (non-hydrogen) atoms. The first-order valence-electron chi connectivity index (χ1n) is 9.77. The van der Waals surface area contributed by atoms with E-state index in [0.29, 0.717) is 19.6 Å². The Labute approximate surface area is 177 Å². The number of halogens is 3. The lowest BCUT2D eigenvalue weighted by Gasteiger charge is -2.29. The number of aliphatic hydroxyl groups is 1. The van der Waals surface area contributed by atoms with Crippen LogP contribution in [0.5, 0.6) is 0 Å². The van der Waals surface area contributed by atoms with Crippen LogP contribution in [0.1, 0.15) is 37.2 Å². The quantitative estimate of drug-likeness (QED) is 0.577. The minimum Gasteiger partial charge on any atom is -0.392 e. The lowest BCUT2D eigenvalue weighted by Crippen LogP contribution is -2.35. The van der Waals surface area contributed by atoms with Gasteiger partial charge < -0.3 is 14.6 Å². The van der Waals surface area contributed by atoms with E-state index in [-0.39, 0.29) is 11.5 Å². The fourth-order valence-electron chi connectivity index (χ4n) is 3.39. The van der Waals surface area contributed by atoms with Gasteiger partial charge >= 0.3 is 6.18 Å². The Morgan fingerprint density at radius 2 is 1.90 bits per heavy atom. The van der Waals surface area contributed by atoms with Crippen LogP contribution in [0.15, 0.2) is 35.4 Å². The molecule has 1 aliphatic rings. The first-order chi connectivity index (χ1) is 14.3. The molecule has 0 bridgehead atoms. The van der Waals surface area contributed by atoms with Gasteiger partial charge in [-0.1, -0.05) is 26.3 Å². The maximum Gasteiger partial charge on any atom is 0.433 e. The molecule has 0 amide bonds. The van der Waals surface area contributed by atoms with Gasteiger partial charge in [-0.05, 0) is 24.5 Å². The van der Waals surface area contributed by atoms with Crippen molar-refractivity contribution < 1.29 is 18.3 Å². The molecule has 0 spiro atoms. The second-order valence-electron chi connectivity index (χ2n) is 7.04. The van der Waals surface area contributed by atoms with Gasteiger partial charge in [0.05, 0.1) is 13.2 Å². The van der Waals surface area contributed by atoms with Crippen molar-refractivity contribution in [2.45, 2.75) is 51.0 Å². The largest absolute Gasteiger partial charge is 0.433 e. The second-order valence-corrected chi connectivity index (χ2v) is 7.92. The molecule has 0 fully saturated rings. The number of fused-ring (bicyclic) bond motifs is 3. The number of hydrogen-bond donors (Lipinski definition) is 1. The predicted molar refractivity (Wildman–Crippen MR) is 114 cm³/mol. The number of hydrogen-bond acceptors (Lipinski definition) is 5. The van der Waals surface area contributed by atoms with E-state index < -0.39 is 18.5 Å². The lowest BCUT2D eigenvalue weighted by molar-refractivity contribution is -0.142. The molecule has 9 heteroatoms. The van der Waals surface area contributed by atoms with Crippen LogP contribution in [0, 0.1) is 0 Å². The molecule has 0 atom stereocenters. The van der Waals surface area contributed by atoms with Crippen molar-refractivity contribution in [1.29, 1.82) is 0 Å². The number of aromatic nitrogens is 3. The van der Waals surface area contributed by atoms with Crippen LogP contribution in [0.3, 0.4) is 0 Å². The van der Waals surface area contributed by atoms with Crippen LogP contribution in [-0.2, 0) is 25.9 Å². The minimum atomic E-state index is -4.63. The normalized spacial score (nSPS) is 13.8. The van der Waals surface area contributed by atoms with Crippen LogP contribution in [0.4, 0.5) is 19.1 Å². The summed E-state index contributed by atoms with van der Waals surface area (Å²) < 4.78 is 41.8. The maximum absolute atomic E-state index is 13.2. The van der Waals surface area contributed by atoms with Gasteiger partial charge in [0, 0.05) is 46.3 Å². The molecule has 0 aliphatic carbocycles. The summed E-state index contributed by atoms with van der Waals surface area (Å²) in [6.45, 7) is 5.08. The zero-order chi connectivity index (χ0) is 21.9. The van der Waals surface area contributed by atoms with Crippen LogP contribution < -0.4 is 4.90 Å². The predicted octanol–water partition coefficient (Wildman–Crippen LogP) is 5.10. The summed E-state index contributed by atoms with van der Waals surface area (Å²) in [6.07, 6.45) is -0.302. The average molecular weight is 439 g/mol. The molecule has 1 N–H and O–H groups in total. The van der Waals surface area contributed by atoms with Crippen LogP contribution >= 0.6 is 11.8 Å². The first kappa shape index (κ1) is 22.4. The maximum atomic E-state index is 13.2. The summed E-state index contributed by atoms with van der Waals surface area (Å²) in [7, 11) is 0. The molecule has 4 rings (SSSR count). The van der Waals surface area contributed by atoms with Gasteiger partial charge in [-0.3, -0.25) is 0 Å². The highest BCUT2D eigenvalue weighted by molar-refractivity contribution is 7.98. The molecule has 2 aromatic heterocycles. The summed E-state index contributed by atoms with van der Waals surface area (Å²) in [4.78, 5) is 10.7. The zero-order valence-corrected chi connectivity index (χ0v) is 18.0. The number of alkyl halides is 3. The molecule has 1 aliphatic heterocycles. The van der Waals surface area contributed by atoms with Crippen molar-refractivity contribution >= 4 is 28.6 Å². The Morgan fingerprint density at radius 3 is 2.53 bits per heavy atom. The average Bonchev–Trinajstić information content (AvgIpc) is 3.10. The Hall–Kier alpha value is -2.26. The van der Waals surface area contributed by atoms with E-state index in [0.717, 1.165) is 22.8 Å². The highest BCUT2D eigenvalue weighted by atomic mass is 32.2. The minimum absolute atomic E-state index is 0.0285. The molecular formula is C21H25F3N4OS. The van der Waals surface area contributed by atoms with E-state index in [2.05, 4.69) is 52.6 Å². The standard InChI is InChI=1S/C18H17F3N4OS.C3H8/c1-27-14-3-2-11-6-13-9-24(4-5-25(13)15(11)7-14)17-22-8-12(10-26)16(23-17)18(19,20)21;1-3-2/h2-3,6-8,26H,4-5,9-10H2,1H3;3H2,1-2H3. The number of anilines is 1. The van der Waals surface area contributed by atoms with Gasteiger partial charge in [-0.25, -0.2) is 9.97 Å². The Morgan fingerprint density at radius 1 is 1.17 bits per heavy atom. The zero-order valence-electron chi connectivity index (χ0n) is 17.2. The van der Waals surface area contributed by atoms with Crippen molar-refractivity contribution in [3.8, 4) is 0 Å². The van der Waals surface area contributed by atoms with E-state index in [4.69, 9.17) is 5.11 Å². The number of benzene rings is 1. The summed E-state index contributed by atoms with van der Waals surface area (Å²) in [5, 5.41) is 10.2. The van der Waals surface area contributed by atoms with Crippen molar-refractivity contribution in [3.05, 3.63) is 47.4 Å². The SMILES string of the molecule is CCC.CSc1ccc2cc3n(c2c1)CCN(c1ncc(CO)c(C(F)(F)F)n1)C3. The fourth-order valence-corrected chi connectivity index (χ4v) is 3.82. The molecule has 0 unspecified atom stereocenters. The van der Waals surface area contributed by atoms with Crippen LogP contribution in [-0.4, -0.2) is 32.4 Å². The number of aliphatic hydroxyl groups excluding tert-OH is 1. The van der Waals surface area contributed by atoms with E-state index in [1.54, 1.807) is 16.7 Å². The summed E-state index contributed by atoms with van der Waals surface area (Å²) in [5.74, 6) is 0.0285. The summed E-state index contributed by atoms with van der Waals surface area (Å²) in [5.41, 5.74) is 0.745. The van der Waals surface area contributed by atoms with Gasteiger partial charge in [0.1, 0.15) is 0 Å². The Kier molecular flexibility index (Phi) is 6.92. The number of rotatable bonds is 3. The molecule has 0 saturated carbocycles. The molecule has 3 heterocycles.